The van der Waals surface area contributed by atoms with Gasteiger partial charge in [0.2, 0.25) is 5.91 Å². The second-order valence-corrected chi connectivity index (χ2v) is 25.0. The molecule has 5 heterocycles. The van der Waals surface area contributed by atoms with Crippen LogP contribution in [0.15, 0.2) is 30.3 Å². The molecule has 0 spiro atoms. The number of aliphatic hydroxyl groups is 1. The summed E-state index contributed by atoms with van der Waals surface area (Å²) in [5, 5.41) is 16.8. The number of amides is 1. The van der Waals surface area contributed by atoms with Gasteiger partial charge in [0, 0.05) is 90.0 Å². The van der Waals surface area contributed by atoms with Crippen LogP contribution >= 0.6 is 0 Å². The van der Waals surface area contributed by atoms with E-state index in [1.807, 2.05) is 0 Å². The molecule has 0 saturated carbocycles. The Hall–Kier alpha value is -8.56. The van der Waals surface area contributed by atoms with Gasteiger partial charge in [0.15, 0.2) is 91.6 Å². The Bertz CT molecular complexity index is 3230. The van der Waals surface area contributed by atoms with Crippen LogP contribution in [0, 0.1) is 5.92 Å². The molecule has 37 nitrogen and oxygen atoms in total. The molecule has 0 bridgehead atoms. The van der Waals surface area contributed by atoms with E-state index in [4.69, 9.17) is 99.5 Å². The first kappa shape index (κ1) is 83.4. The molecule has 5 aliphatic rings. The smallest absolute Gasteiger partial charge is 0.338 e. The number of rotatable bonds is 26. The van der Waals surface area contributed by atoms with Crippen molar-refractivity contribution in [2.24, 2.45) is 5.92 Å². The van der Waals surface area contributed by atoms with Gasteiger partial charge in [0.05, 0.1) is 17.8 Å². The molecule has 574 valence electrons. The number of hydrogen-bond donors (Lipinski definition) is 2. The van der Waals surface area contributed by atoms with Crippen molar-refractivity contribution in [3.63, 3.8) is 0 Å². The highest BCUT2D eigenvalue weighted by Crippen LogP contribution is 2.48. The average molecular weight is 1470 g/mol. The summed E-state index contributed by atoms with van der Waals surface area (Å²) < 4.78 is 129. The summed E-state index contributed by atoms with van der Waals surface area (Å²) in [5.41, 5.74) is -3.35. The Kier molecular flexibility index (Phi) is 29.7. The lowest BCUT2D eigenvalue weighted by molar-refractivity contribution is -0.426. The fourth-order valence-corrected chi connectivity index (χ4v) is 12.7. The third-order valence-electron chi connectivity index (χ3n) is 16.3. The lowest BCUT2D eigenvalue weighted by Crippen LogP contribution is -2.81. The van der Waals surface area contributed by atoms with E-state index in [0.29, 0.717) is 0 Å². The summed E-state index contributed by atoms with van der Waals surface area (Å²) >= 11 is 0. The van der Waals surface area contributed by atoms with Crippen LogP contribution in [0.2, 0.25) is 0 Å². The Morgan fingerprint density at radius 3 is 1.27 bits per heavy atom. The third-order valence-corrected chi connectivity index (χ3v) is 16.3. The highest BCUT2D eigenvalue weighted by atomic mass is 16.8. The second-order valence-electron chi connectivity index (χ2n) is 25.0. The molecule has 1 aromatic carbocycles. The van der Waals surface area contributed by atoms with Gasteiger partial charge >= 0.3 is 77.6 Å². The third kappa shape index (κ3) is 21.8. The van der Waals surface area contributed by atoms with E-state index >= 15 is 0 Å². The van der Waals surface area contributed by atoms with Crippen molar-refractivity contribution >= 4 is 83.5 Å². The highest BCUT2D eigenvalue weighted by molar-refractivity contribution is 5.89. The maximum Gasteiger partial charge on any atom is 0.338 e. The first-order chi connectivity index (χ1) is 48.2. The molecule has 37 heteroatoms. The molecule has 0 aromatic heterocycles. The Morgan fingerprint density at radius 1 is 0.408 bits per heavy atom. The summed E-state index contributed by atoms with van der Waals surface area (Å²) in [6.07, 6.45) is -46.5. The SMILES string of the molecule is CC(=O)NC1[C@H](O[C@@H]2C(OC(=O)c3ccccc3)[C@H](C(C)C)OC(COC(C)=O)[C@H]2OC(C)=O)OC(COC(C)=O)[C@](O[C@@H]2OC(COC(C)=O)[C@H](OC(C)=O)[C@H](OC(C)=O)C2O[C@@H]2OC(C)[C@H](OC(C)=O)C(OC(C)=O)[C@H]2OC(C)=O)([C@@H]2OC(C)[C@@H](OC(C)=O)[C@H](OC(C)=O)C2OC(C)=O)[C@@H]1O. The van der Waals surface area contributed by atoms with Crippen LogP contribution in [0.25, 0.3) is 0 Å². The van der Waals surface area contributed by atoms with Gasteiger partial charge in [-0.15, -0.1) is 0 Å². The van der Waals surface area contributed by atoms with Gasteiger partial charge in [-0.2, -0.15) is 0 Å². The van der Waals surface area contributed by atoms with Crippen molar-refractivity contribution in [3.05, 3.63) is 35.9 Å². The van der Waals surface area contributed by atoms with Crippen molar-refractivity contribution in [1.29, 1.82) is 0 Å². The van der Waals surface area contributed by atoms with Crippen LogP contribution in [0.1, 0.15) is 128 Å². The first-order valence-electron chi connectivity index (χ1n) is 32.7. The minimum Gasteiger partial charge on any atom is -0.463 e. The van der Waals surface area contributed by atoms with Gasteiger partial charge in [0.25, 0.3) is 0 Å². The summed E-state index contributed by atoms with van der Waals surface area (Å²) in [4.78, 5) is 187. The Morgan fingerprint density at radius 2 is 0.806 bits per heavy atom. The number of benzene rings is 1. The molecule has 5 aliphatic heterocycles. The molecule has 103 heavy (non-hydrogen) atoms. The number of ether oxygens (including phenoxy) is 21. The maximum atomic E-state index is 14.4. The second kappa shape index (κ2) is 36.7. The zero-order chi connectivity index (χ0) is 76.8. The van der Waals surface area contributed by atoms with E-state index in [1.54, 1.807) is 19.9 Å². The van der Waals surface area contributed by atoms with Crippen LogP contribution in [0.4, 0.5) is 0 Å². The molecule has 1 amide bonds. The molecule has 10 unspecified atom stereocenters. The van der Waals surface area contributed by atoms with Crippen molar-refractivity contribution in [2.75, 3.05) is 19.8 Å². The molecule has 0 aliphatic carbocycles. The van der Waals surface area contributed by atoms with Gasteiger partial charge in [-0.25, -0.2) is 4.79 Å². The van der Waals surface area contributed by atoms with Crippen LogP contribution in [-0.2, 0) is 162 Å². The normalized spacial score (nSPS) is 34.0. The van der Waals surface area contributed by atoms with Crippen LogP contribution in [0.3, 0.4) is 0 Å². The summed E-state index contributed by atoms with van der Waals surface area (Å²) in [6.45, 7) is 15.2. The zero-order valence-corrected chi connectivity index (χ0v) is 59.7. The van der Waals surface area contributed by atoms with E-state index in [0.717, 1.165) is 90.0 Å². The molecule has 5 fully saturated rings. The number of nitrogens with one attached hydrogen (secondary N) is 1. The van der Waals surface area contributed by atoms with Gasteiger partial charge in [0.1, 0.15) is 68.6 Å². The maximum absolute atomic E-state index is 14.4. The largest absolute Gasteiger partial charge is 0.463 e. The monoisotopic (exact) mass is 1470 g/mol. The topological polar surface area (TPSA) is 465 Å². The standard InChI is InChI=1S/C66H89NO36/c1-26(2)47-52(100-62(82)42-21-19-18-20-22-42)55(50(90-35(11)74)43(97-47)23-83-30(6)69)101-63-46(67-29(5)68)60(81)66(45(99-63)25-85-32(8)71,61-57(95-40(16)79)53(92-37(13)76)48(27(3)86-61)88-33(9)72)103-65-59(56(94-39(15)78)51(91-36(12)75)44(98-65)24-84-31(7)70)102-64-58(96-41(17)80)54(93-38(14)77)49(28(4)87-64)89-34(10)73/h18-22,26-28,43-61,63-65,81H,23-25H2,1-17H3,(H,67,68)/t27?,28?,43?,44?,45?,46?,47-,48+,49-,50+,51-,52?,53-,54?,55-,56-,57?,58+,59?,60+,61+,63-,64-,65-,66+/m0/s1. The van der Waals surface area contributed by atoms with Gasteiger partial charge in [-0.3, -0.25) is 62.3 Å². The van der Waals surface area contributed by atoms with Gasteiger partial charge in [-0.1, -0.05) is 32.0 Å². The Balaban J connectivity index is 1.78. The van der Waals surface area contributed by atoms with Crippen molar-refractivity contribution in [3.8, 4) is 0 Å². The molecule has 6 rings (SSSR count). The fraction of sp³-hybridized carbons (Fsp3) is 0.697. The van der Waals surface area contributed by atoms with Crippen molar-refractivity contribution in [2.45, 2.75) is 270 Å². The van der Waals surface area contributed by atoms with E-state index < -0.39 is 262 Å². The summed E-state index contributed by atoms with van der Waals surface area (Å²) in [5.74, 6) is -15.6. The minimum absolute atomic E-state index is 0.0231. The number of aliphatic hydroxyl groups excluding tert-OH is 1. The molecular weight excluding hydrogens is 1380 g/mol. The van der Waals surface area contributed by atoms with Crippen LogP contribution < -0.4 is 5.32 Å². The predicted molar refractivity (Wildman–Crippen MR) is 332 cm³/mol. The fourth-order valence-electron chi connectivity index (χ4n) is 12.7. The molecule has 1 aromatic rings. The summed E-state index contributed by atoms with van der Waals surface area (Å²) in [6, 6.07) is 5.16. The van der Waals surface area contributed by atoms with E-state index in [9.17, 15) is 72.2 Å². The van der Waals surface area contributed by atoms with Crippen LogP contribution in [0.5, 0.6) is 0 Å². The first-order valence-corrected chi connectivity index (χ1v) is 32.7. The van der Waals surface area contributed by atoms with Gasteiger partial charge < -0.3 is 110 Å². The molecular formula is C66H89NO36. The van der Waals surface area contributed by atoms with E-state index in [-0.39, 0.29) is 5.56 Å². The lowest BCUT2D eigenvalue weighted by Gasteiger charge is -2.60. The number of carbonyl (C=O) groups excluding carboxylic acids is 14. The average Bonchev–Trinajstić information content (AvgIpc) is 0.710. The Labute approximate surface area is 590 Å². The van der Waals surface area contributed by atoms with E-state index in [1.165, 1.54) is 38.1 Å². The van der Waals surface area contributed by atoms with E-state index in [2.05, 4.69) is 5.32 Å². The van der Waals surface area contributed by atoms with Crippen molar-refractivity contribution < 1.29 is 172 Å². The zero-order valence-electron chi connectivity index (χ0n) is 59.7. The quantitative estimate of drug-likeness (QED) is 0.0916. The van der Waals surface area contributed by atoms with Crippen LogP contribution in [-0.4, -0.2) is 261 Å². The van der Waals surface area contributed by atoms with Crippen molar-refractivity contribution in [1.82, 2.24) is 5.32 Å². The lowest BCUT2D eigenvalue weighted by atomic mass is 9.73. The number of hydrogen-bond acceptors (Lipinski definition) is 36. The molecule has 5 saturated heterocycles. The molecule has 2 N–H and O–H groups in total. The predicted octanol–water partition coefficient (Wildman–Crippen LogP) is 0.0833. The van der Waals surface area contributed by atoms with Gasteiger partial charge in [-0.05, 0) is 31.9 Å². The molecule has 25 atom stereocenters. The highest BCUT2D eigenvalue weighted by Gasteiger charge is 2.71. The molecule has 0 radical (unpaired) electrons. The summed E-state index contributed by atoms with van der Waals surface area (Å²) in [7, 11) is 0. The number of carbonyl (C=O) groups is 14. The minimum atomic E-state index is -3.33. The number of esters is 13.